The first-order valence-corrected chi connectivity index (χ1v) is 9.80. The highest BCUT2D eigenvalue weighted by Gasteiger charge is 2.35. The molecule has 1 N–H and O–H groups in total. The molecular weight excluding hydrogens is 454 g/mol. The summed E-state index contributed by atoms with van der Waals surface area (Å²) in [6, 6.07) is 1.35. The van der Waals surface area contributed by atoms with Crippen LogP contribution in [-0.4, -0.2) is 34.3 Å². The van der Waals surface area contributed by atoms with Gasteiger partial charge in [0.1, 0.15) is 6.04 Å². The number of amides is 2. The summed E-state index contributed by atoms with van der Waals surface area (Å²) in [5.41, 5.74) is 0. The first kappa shape index (κ1) is 16.1. The minimum atomic E-state index is -0.434. The van der Waals surface area contributed by atoms with Crippen molar-refractivity contribution in [1.29, 1.82) is 0 Å². The number of carbonyl (C=O) groups excluding carboxylic acids is 2. The molecule has 0 aromatic carbocycles. The molecular formula is C13H11Br2N3O2S2. The van der Waals surface area contributed by atoms with Crippen LogP contribution in [0.25, 0.3) is 0 Å². The Morgan fingerprint density at radius 3 is 2.86 bits per heavy atom. The fourth-order valence-electron chi connectivity index (χ4n) is 2.35. The predicted octanol–water partition coefficient (Wildman–Crippen LogP) is 3.97. The van der Waals surface area contributed by atoms with Crippen LogP contribution in [0.4, 0.5) is 5.13 Å². The summed E-state index contributed by atoms with van der Waals surface area (Å²) in [4.78, 5) is 31.3. The maximum absolute atomic E-state index is 12.6. The Kier molecular flexibility index (Phi) is 4.96. The Bertz CT molecular complexity index is 683. The minimum Gasteiger partial charge on any atom is -0.326 e. The average molecular weight is 465 g/mol. The largest absolute Gasteiger partial charge is 0.326 e. The highest BCUT2D eigenvalue weighted by atomic mass is 79.9. The molecule has 1 unspecified atom stereocenters. The van der Waals surface area contributed by atoms with Crippen LogP contribution in [0.5, 0.6) is 0 Å². The van der Waals surface area contributed by atoms with Gasteiger partial charge in [-0.25, -0.2) is 4.98 Å². The molecule has 2 aromatic heterocycles. The van der Waals surface area contributed by atoms with Crippen molar-refractivity contribution in [1.82, 2.24) is 9.88 Å². The van der Waals surface area contributed by atoms with E-state index in [1.54, 1.807) is 22.5 Å². The Morgan fingerprint density at radius 2 is 2.23 bits per heavy atom. The lowest BCUT2D eigenvalue weighted by atomic mass is 10.2. The number of thiophene rings is 1. The van der Waals surface area contributed by atoms with Gasteiger partial charge in [-0.3, -0.25) is 9.59 Å². The summed E-state index contributed by atoms with van der Waals surface area (Å²) < 4.78 is 1.72. The van der Waals surface area contributed by atoms with Crippen molar-refractivity contribution in [3.8, 4) is 0 Å². The van der Waals surface area contributed by atoms with E-state index in [0.29, 0.717) is 23.0 Å². The predicted molar refractivity (Wildman–Crippen MR) is 94.5 cm³/mol. The van der Waals surface area contributed by atoms with Crippen molar-refractivity contribution in [2.24, 2.45) is 0 Å². The van der Waals surface area contributed by atoms with Crippen LogP contribution in [0.2, 0.25) is 0 Å². The second-order valence-electron chi connectivity index (χ2n) is 4.72. The summed E-state index contributed by atoms with van der Waals surface area (Å²) in [6.07, 6.45) is 3.14. The van der Waals surface area contributed by atoms with E-state index >= 15 is 0 Å². The summed E-state index contributed by atoms with van der Waals surface area (Å²) in [5, 5.41) is 5.14. The minimum absolute atomic E-state index is 0.104. The molecule has 0 spiro atoms. The molecule has 0 aliphatic carbocycles. The van der Waals surface area contributed by atoms with E-state index in [0.717, 1.165) is 14.7 Å². The van der Waals surface area contributed by atoms with Crippen molar-refractivity contribution in [2.45, 2.75) is 18.9 Å². The van der Waals surface area contributed by atoms with Gasteiger partial charge >= 0.3 is 0 Å². The molecule has 22 heavy (non-hydrogen) atoms. The van der Waals surface area contributed by atoms with Gasteiger partial charge in [0.25, 0.3) is 5.91 Å². The number of aromatic nitrogens is 1. The van der Waals surface area contributed by atoms with Crippen molar-refractivity contribution >= 4 is 71.5 Å². The molecule has 1 aliphatic rings. The zero-order chi connectivity index (χ0) is 15.7. The van der Waals surface area contributed by atoms with Crippen LogP contribution in [0.15, 0.2) is 25.9 Å². The number of nitrogens with one attached hydrogen (secondary N) is 1. The van der Waals surface area contributed by atoms with Gasteiger partial charge in [0.05, 0.1) is 8.66 Å². The van der Waals surface area contributed by atoms with E-state index in [-0.39, 0.29) is 11.8 Å². The number of halogens is 2. The van der Waals surface area contributed by atoms with Crippen LogP contribution in [0.1, 0.15) is 22.5 Å². The third-order valence-corrected chi connectivity index (χ3v) is 7.27. The number of thiazole rings is 1. The topological polar surface area (TPSA) is 62.3 Å². The average Bonchev–Trinajstić information content (AvgIpc) is 3.20. The van der Waals surface area contributed by atoms with Crippen LogP contribution >= 0.6 is 54.5 Å². The van der Waals surface area contributed by atoms with Gasteiger partial charge in [-0.05, 0) is 50.8 Å². The van der Waals surface area contributed by atoms with Gasteiger partial charge in [-0.15, -0.1) is 22.7 Å². The van der Waals surface area contributed by atoms with E-state index in [9.17, 15) is 9.59 Å². The van der Waals surface area contributed by atoms with Crippen molar-refractivity contribution in [3.63, 3.8) is 0 Å². The molecule has 5 nitrogen and oxygen atoms in total. The molecule has 1 fully saturated rings. The number of likely N-dealkylation sites (tertiary alicyclic amines) is 1. The highest BCUT2D eigenvalue weighted by molar-refractivity contribution is 9.13. The van der Waals surface area contributed by atoms with Crippen LogP contribution in [0, 0.1) is 0 Å². The molecule has 2 amide bonds. The SMILES string of the molecule is O=C(Nc1nccs1)C1CCCN1C(=O)c1cc(Br)c(Br)s1. The van der Waals surface area contributed by atoms with Crippen LogP contribution < -0.4 is 5.32 Å². The molecule has 3 rings (SSSR count). The first-order valence-electron chi connectivity index (χ1n) is 6.52. The summed E-state index contributed by atoms with van der Waals surface area (Å²) >= 11 is 9.50. The normalized spacial score (nSPS) is 17.7. The van der Waals surface area contributed by atoms with E-state index in [2.05, 4.69) is 42.2 Å². The smallest absolute Gasteiger partial charge is 0.264 e. The Morgan fingerprint density at radius 1 is 1.41 bits per heavy atom. The lowest BCUT2D eigenvalue weighted by Crippen LogP contribution is -2.42. The van der Waals surface area contributed by atoms with Crippen molar-refractivity contribution < 1.29 is 9.59 Å². The molecule has 9 heteroatoms. The molecule has 2 aromatic rings. The van der Waals surface area contributed by atoms with Gasteiger partial charge in [0.15, 0.2) is 5.13 Å². The van der Waals surface area contributed by atoms with E-state index in [4.69, 9.17) is 0 Å². The number of hydrogen-bond donors (Lipinski definition) is 1. The Hall–Kier alpha value is -0.770. The second-order valence-corrected chi connectivity index (χ2v) is 8.83. The number of nitrogens with zero attached hydrogens (tertiary/aromatic N) is 2. The summed E-state index contributed by atoms with van der Waals surface area (Å²) in [7, 11) is 0. The molecule has 3 heterocycles. The Labute approximate surface area is 152 Å². The maximum Gasteiger partial charge on any atom is 0.264 e. The standard InChI is InChI=1S/C13H11Br2N3O2S2/c14-7-6-9(22-10(7)15)12(20)18-4-1-2-8(18)11(19)17-13-16-3-5-21-13/h3,5-6,8H,1-2,4H2,(H,16,17,19). The van der Waals surface area contributed by atoms with E-state index in [1.165, 1.54) is 22.7 Å². The molecule has 0 saturated carbocycles. The lowest BCUT2D eigenvalue weighted by molar-refractivity contribution is -0.119. The Balaban J connectivity index is 1.75. The zero-order valence-corrected chi connectivity index (χ0v) is 16.0. The van der Waals surface area contributed by atoms with Gasteiger partial charge in [-0.2, -0.15) is 0 Å². The summed E-state index contributed by atoms with van der Waals surface area (Å²) in [5.74, 6) is -0.274. The van der Waals surface area contributed by atoms with Gasteiger partial charge in [0, 0.05) is 22.6 Å². The lowest BCUT2D eigenvalue weighted by Gasteiger charge is -2.22. The quantitative estimate of drug-likeness (QED) is 0.747. The van der Waals surface area contributed by atoms with Gasteiger partial charge in [0.2, 0.25) is 5.91 Å². The van der Waals surface area contributed by atoms with Crippen LogP contribution in [0.3, 0.4) is 0 Å². The van der Waals surface area contributed by atoms with Crippen molar-refractivity contribution in [3.05, 3.63) is 30.8 Å². The third kappa shape index (κ3) is 3.27. The van der Waals surface area contributed by atoms with Crippen LogP contribution in [-0.2, 0) is 4.79 Å². The number of rotatable bonds is 3. The molecule has 1 atom stereocenters. The molecule has 1 saturated heterocycles. The molecule has 0 bridgehead atoms. The van der Waals surface area contributed by atoms with Crippen molar-refractivity contribution in [2.75, 3.05) is 11.9 Å². The fourth-order valence-corrected chi connectivity index (χ4v) is 4.87. The monoisotopic (exact) mass is 463 g/mol. The molecule has 116 valence electrons. The maximum atomic E-state index is 12.6. The number of hydrogen-bond acceptors (Lipinski definition) is 5. The third-order valence-electron chi connectivity index (χ3n) is 3.33. The highest BCUT2D eigenvalue weighted by Crippen LogP contribution is 2.34. The van der Waals surface area contributed by atoms with Gasteiger partial charge < -0.3 is 10.2 Å². The van der Waals surface area contributed by atoms with E-state index < -0.39 is 6.04 Å². The number of anilines is 1. The molecule has 1 aliphatic heterocycles. The first-order chi connectivity index (χ1) is 10.6. The van der Waals surface area contributed by atoms with Gasteiger partial charge in [-0.1, -0.05) is 0 Å². The second kappa shape index (κ2) is 6.77. The number of carbonyl (C=O) groups is 2. The zero-order valence-electron chi connectivity index (χ0n) is 11.2. The molecule has 0 radical (unpaired) electrons. The summed E-state index contributed by atoms with van der Waals surface area (Å²) in [6.45, 7) is 0.599. The fraction of sp³-hybridized carbons (Fsp3) is 0.308. The van der Waals surface area contributed by atoms with E-state index in [1.807, 2.05) is 0 Å².